The normalized spacial score (nSPS) is 8.29. The molecule has 0 saturated carbocycles. The fourth-order valence-electron chi connectivity index (χ4n) is 1.03. The number of hydrogen-bond acceptors (Lipinski definition) is 0. The van der Waals surface area contributed by atoms with E-state index in [9.17, 15) is 8.78 Å². The van der Waals surface area contributed by atoms with Crippen LogP contribution in [0.4, 0.5) is 8.78 Å². The minimum absolute atomic E-state index is 0.200. The van der Waals surface area contributed by atoms with Gasteiger partial charge in [-0.25, -0.2) is 8.78 Å². The molecule has 0 bridgehead atoms. The van der Waals surface area contributed by atoms with Crippen molar-refractivity contribution in [2.45, 2.75) is 13.8 Å². The molecule has 0 unspecified atom stereocenters. The molecular weight excluding hydrogens is 182 g/mol. The maximum atomic E-state index is 13.2. The molecule has 70 valence electrons. The average molecular weight is 190 g/mol. The molecule has 0 heterocycles. The van der Waals surface area contributed by atoms with E-state index in [1.54, 1.807) is 6.92 Å². The van der Waals surface area contributed by atoms with E-state index in [2.05, 4.69) is 23.7 Å². The van der Waals surface area contributed by atoms with Crippen molar-refractivity contribution in [2.24, 2.45) is 0 Å². The van der Waals surface area contributed by atoms with Crippen LogP contribution in [-0.4, -0.2) is 0 Å². The molecule has 1 aromatic carbocycles. The van der Waals surface area contributed by atoms with Crippen LogP contribution in [-0.2, 0) is 0 Å². The molecule has 0 aliphatic heterocycles. The van der Waals surface area contributed by atoms with E-state index < -0.39 is 11.6 Å². The molecule has 2 heteroatoms. The summed E-state index contributed by atoms with van der Waals surface area (Å²) in [5.74, 6) is 8.63. The van der Waals surface area contributed by atoms with Crippen LogP contribution in [0.2, 0.25) is 0 Å². The number of rotatable bonds is 0. The van der Waals surface area contributed by atoms with Crippen molar-refractivity contribution in [3.05, 3.63) is 34.9 Å². The fraction of sp³-hybridized carbons (Fsp3) is 0.167. The van der Waals surface area contributed by atoms with Gasteiger partial charge < -0.3 is 0 Å². The second kappa shape index (κ2) is 4.44. The van der Waals surface area contributed by atoms with Crippen molar-refractivity contribution < 1.29 is 8.78 Å². The highest BCUT2D eigenvalue weighted by atomic mass is 19.1. The summed E-state index contributed by atoms with van der Waals surface area (Å²) >= 11 is 0. The minimum atomic E-state index is -0.669. The molecule has 14 heavy (non-hydrogen) atoms. The lowest BCUT2D eigenvalue weighted by molar-refractivity contribution is 0.577. The molecule has 1 rings (SSSR count). The van der Waals surface area contributed by atoms with Crippen molar-refractivity contribution in [1.82, 2.24) is 0 Å². The highest BCUT2D eigenvalue weighted by Crippen LogP contribution is 2.13. The van der Waals surface area contributed by atoms with E-state index in [4.69, 9.17) is 0 Å². The Balaban J connectivity index is 3.34. The Hall–Kier alpha value is -1.80. The molecule has 0 aromatic heterocycles. The van der Waals surface area contributed by atoms with Gasteiger partial charge in [0.2, 0.25) is 0 Å². The van der Waals surface area contributed by atoms with E-state index in [0.29, 0.717) is 5.56 Å². The summed E-state index contributed by atoms with van der Waals surface area (Å²) in [6.45, 7) is 3.13. The Labute approximate surface area is 82.0 Å². The molecule has 0 nitrogen and oxygen atoms in total. The summed E-state index contributed by atoms with van der Waals surface area (Å²) in [7, 11) is 0. The van der Waals surface area contributed by atoms with E-state index in [1.165, 1.54) is 19.1 Å². The summed E-state index contributed by atoms with van der Waals surface area (Å²) in [6.07, 6.45) is 0. The topological polar surface area (TPSA) is 0 Å². The van der Waals surface area contributed by atoms with Crippen molar-refractivity contribution in [3.63, 3.8) is 0 Å². The van der Waals surface area contributed by atoms with Gasteiger partial charge >= 0.3 is 0 Å². The van der Waals surface area contributed by atoms with E-state index in [1.807, 2.05) is 0 Å². The third-order valence-electron chi connectivity index (χ3n) is 1.56. The Morgan fingerprint density at radius 1 is 0.929 bits per heavy atom. The lowest BCUT2D eigenvalue weighted by Gasteiger charge is -1.98. The van der Waals surface area contributed by atoms with Gasteiger partial charge in [-0.3, -0.25) is 0 Å². The monoisotopic (exact) mass is 190 g/mol. The van der Waals surface area contributed by atoms with Gasteiger partial charge in [-0.1, -0.05) is 11.8 Å². The first-order valence-corrected chi connectivity index (χ1v) is 4.03. The minimum Gasteiger partial charge on any atom is -0.205 e. The van der Waals surface area contributed by atoms with Gasteiger partial charge in [0.15, 0.2) is 0 Å². The molecule has 0 N–H and O–H groups in total. The first-order valence-electron chi connectivity index (χ1n) is 4.03. The summed E-state index contributed by atoms with van der Waals surface area (Å²) in [5, 5.41) is 0. The first kappa shape index (κ1) is 10.3. The molecule has 0 aliphatic rings. The lowest BCUT2D eigenvalue weighted by atomic mass is 10.1. The molecule has 0 saturated heterocycles. The predicted molar refractivity (Wildman–Crippen MR) is 51.5 cm³/mol. The van der Waals surface area contributed by atoms with Crippen LogP contribution in [0.5, 0.6) is 0 Å². The molecule has 0 fully saturated rings. The zero-order valence-electron chi connectivity index (χ0n) is 7.91. The van der Waals surface area contributed by atoms with Crippen LogP contribution in [0.1, 0.15) is 25.0 Å². The Morgan fingerprint density at radius 3 is 1.86 bits per heavy atom. The largest absolute Gasteiger partial charge is 0.205 e. The van der Waals surface area contributed by atoms with E-state index in [0.717, 1.165) is 0 Å². The molecule has 0 aliphatic carbocycles. The number of benzene rings is 1. The van der Waals surface area contributed by atoms with Crippen LogP contribution in [0.25, 0.3) is 0 Å². The smallest absolute Gasteiger partial charge is 0.143 e. The molecular formula is C12H8F2. The summed E-state index contributed by atoms with van der Waals surface area (Å²) in [5.41, 5.74) is 0.123. The second-order valence-electron chi connectivity index (χ2n) is 2.56. The Morgan fingerprint density at radius 2 is 1.43 bits per heavy atom. The van der Waals surface area contributed by atoms with Gasteiger partial charge in [0.1, 0.15) is 11.6 Å². The third kappa shape index (κ3) is 2.12. The van der Waals surface area contributed by atoms with Gasteiger partial charge in [0.25, 0.3) is 0 Å². The van der Waals surface area contributed by atoms with Gasteiger partial charge in [0, 0.05) is 5.56 Å². The number of halogens is 2. The maximum absolute atomic E-state index is 13.2. The standard InChI is InChI=1S/C12H8F2/c1-3-5-9-7-11(13)10(6-4-2)12(14)8-9/h7-8H,1-2H3. The first-order chi connectivity index (χ1) is 6.69. The molecule has 1 aromatic rings. The third-order valence-corrected chi connectivity index (χ3v) is 1.56. The maximum Gasteiger partial charge on any atom is 0.143 e. The second-order valence-corrected chi connectivity index (χ2v) is 2.56. The van der Waals surface area contributed by atoms with Crippen LogP contribution in [0.15, 0.2) is 12.1 Å². The Kier molecular flexibility index (Phi) is 3.26. The zero-order valence-corrected chi connectivity index (χ0v) is 7.91. The van der Waals surface area contributed by atoms with Crippen LogP contribution >= 0.6 is 0 Å². The SMILES string of the molecule is CC#Cc1cc(F)c(C#CC)c(F)c1. The van der Waals surface area contributed by atoms with Crippen molar-refractivity contribution in [3.8, 4) is 23.7 Å². The van der Waals surface area contributed by atoms with Crippen LogP contribution < -0.4 is 0 Å². The molecule has 0 spiro atoms. The van der Waals surface area contributed by atoms with Crippen molar-refractivity contribution in [1.29, 1.82) is 0 Å². The summed E-state index contributed by atoms with van der Waals surface area (Å²) in [4.78, 5) is 0. The van der Waals surface area contributed by atoms with Gasteiger partial charge in [-0.15, -0.1) is 11.8 Å². The summed E-state index contributed by atoms with van der Waals surface area (Å²) < 4.78 is 26.4. The molecule has 0 atom stereocenters. The Bertz CT molecular complexity index is 442. The average Bonchev–Trinajstić information content (AvgIpc) is 2.12. The molecule has 0 amide bonds. The van der Waals surface area contributed by atoms with Gasteiger partial charge in [-0.2, -0.15) is 0 Å². The lowest BCUT2D eigenvalue weighted by Crippen LogP contribution is -1.91. The van der Waals surface area contributed by atoms with Gasteiger partial charge in [0.05, 0.1) is 5.56 Å². The predicted octanol–water partition coefficient (Wildman–Crippen LogP) is 2.71. The highest BCUT2D eigenvalue weighted by molar-refractivity contribution is 5.43. The number of hydrogen-bond donors (Lipinski definition) is 0. The van der Waals surface area contributed by atoms with E-state index in [-0.39, 0.29) is 5.56 Å². The quantitative estimate of drug-likeness (QED) is 0.552. The molecule has 0 radical (unpaired) electrons. The van der Waals surface area contributed by atoms with Crippen LogP contribution in [0, 0.1) is 35.3 Å². The van der Waals surface area contributed by atoms with E-state index >= 15 is 0 Å². The summed E-state index contributed by atoms with van der Waals surface area (Å²) in [6, 6.07) is 2.36. The van der Waals surface area contributed by atoms with Gasteiger partial charge in [-0.05, 0) is 26.0 Å². The van der Waals surface area contributed by atoms with Crippen molar-refractivity contribution >= 4 is 0 Å². The zero-order chi connectivity index (χ0) is 10.6. The van der Waals surface area contributed by atoms with Crippen molar-refractivity contribution in [2.75, 3.05) is 0 Å². The highest BCUT2D eigenvalue weighted by Gasteiger charge is 2.07. The van der Waals surface area contributed by atoms with Crippen LogP contribution in [0.3, 0.4) is 0 Å². The fourth-order valence-corrected chi connectivity index (χ4v) is 1.03.